The van der Waals surface area contributed by atoms with Crippen molar-refractivity contribution in [3.05, 3.63) is 10.6 Å². The van der Waals surface area contributed by atoms with E-state index in [1.807, 2.05) is 11.3 Å². The van der Waals surface area contributed by atoms with Crippen LogP contribution in [-0.4, -0.2) is 23.6 Å². The van der Waals surface area contributed by atoms with Gasteiger partial charge in [-0.2, -0.15) is 0 Å². The van der Waals surface area contributed by atoms with Gasteiger partial charge < -0.3 is 10.2 Å². The Morgan fingerprint density at radius 3 is 2.79 bits per heavy atom. The Balaban J connectivity index is 2.06. The van der Waals surface area contributed by atoms with E-state index in [9.17, 15) is 0 Å². The molecule has 0 aliphatic carbocycles. The molecule has 0 saturated carbocycles. The van der Waals surface area contributed by atoms with Crippen LogP contribution in [0.25, 0.3) is 0 Å². The standard InChI is InChI=1S/C15H27N3S/c1-10(2)16-9-14-13(5)17-15(19-14)18-7-6-11(3)8-12(18)4/h10-12,16H,6-9H2,1-5H3. The second kappa shape index (κ2) is 6.23. The molecular formula is C15H27N3S. The van der Waals surface area contributed by atoms with Crippen LogP contribution in [0.15, 0.2) is 0 Å². The number of rotatable bonds is 4. The third-order valence-electron chi connectivity index (χ3n) is 3.94. The van der Waals surface area contributed by atoms with Crippen molar-refractivity contribution in [2.75, 3.05) is 11.4 Å². The van der Waals surface area contributed by atoms with Crippen molar-refractivity contribution in [1.29, 1.82) is 0 Å². The Bertz CT molecular complexity index is 414. The van der Waals surface area contributed by atoms with Gasteiger partial charge in [0.05, 0.1) is 5.69 Å². The molecule has 1 saturated heterocycles. The lowest BCUT2D eigenvalue weighted by atomic mass is 9.94. The minimum absolute atomic E-state index is 0.528. The van der Waals surface area contributed by atoms with E-state index in [0.29, 0.717) is 12.1 Å². The van der Waals surface area contributed by atoms with E-state index in [1.165, 1.54) is 28.5 Å². The SMILES string of the molecule is Cc1nc(N2CCC(C)CC2C)sc1CNC(C)C. The highest BCUT2D eigenvalue weighted by Gasteiger charge is 2.25. The molecule has 1 aromatic rings. The molecule has 0 bridgehead atoms. The summed E-state index contributed by atoms with van der Waals surface area (Å²) in [7, 11) is 0. The van der Waals surface area contributed by atoms with Crippen molar-refractivity contribution in [3.63, 3.8) is 0 Å². The molecule has 0 aromatic carbocycles. The molecule has 1 aliphatic rings. The Kier molecular flexibility index (Phi) is 4.85. The fourth-order valence-corrected chi connectivity index (χ4v) is 3.83. The maximum absolute atomic E-state index is 4.79. The van der Waals surface area contributed by atoms with E-state index in [-0.39, 0.29) is 0 Å². The van der Waals surface area contributed by atoms with Crippen molar-refractivity contribution in [2.45, 2.75) is 66.1 Å². The molecule has 1 aliphatic heterocycles. The first-order valence-electron chi connectivity index (χ1n) is 7.43. The van der Waals surface area contributed by atoms with Crippen molar-refractivity contribution in [3.8, 4) is 0 Å². The Morgan fingerprint density at radius 2 is 2.16 bits per heavy atom. The third-order valence-corrected chi connectivity index (χ3v) is 5.13. The molecule has 4 heteroatoms. The van der Waals surface area contributed by atoms with Crippen molar-refractivity contribution >= 4 is 16.5 Å². The number of nitrogens with zero attached hydrogens (tertiary/aromatic N) is 2. The van der Waals surface area contributed by atoms with Crippen LogP contribution in [0.5, 0.6) is 0 Å². The van der Waals surface area contributed by atoms with Gasteiger partial charge in [-0.05, 0) is 32.6 Å². The van der Waals surface area contributed by atoms with Gasteiger partial charge in [-0.3, -0.25) is 0 Å². The zero-order chi connectivity index (χ0) is 14.0. The second-order valence-corrected chi connectivity index (χ2v) is 7.27. The van der Waals surface area contributed by atoms with Crippen LogP contribution in [0.4, 0.5) is 5.13 Å². The summed E-state index contributed by atoms with van der Waals surface area (Å²) in [5, 5.41) is 4.71. The summed E-state index contributed by atoms with van der Waals surface area (Å²) in [6.45, 7) is 13.3. The number of thiazole rings is 1. The minimum Gasteiger partial charge on any atom is -0.345 e. The third kappa shape index (κ3) is 3.69. The van der Waals surface area contributed by atoms with Gasteiger partial charge in [-0.25, -0.2) is 4.98 Å². The molecule has 0 spiro atoms. The van der Waals surface area contributed by atoms with Crippen LogP contribution in [0.1, 0.15) is 51.1 Å². The van der Waals surface area contributed by atoms with Gasteiger partial charge >= 0.3 is 0 Å². The predicted octanol–water partition coefficient (Wildman–Crippen LogP) is 3.57. The quantitative estimate of drug-likeness (QED) is 0.914. The summed E-state index contributed by atoms with van der Waals surface area (Å²) in [6, 6.07) is 1.15. The first kappa shape index (κ1) is 14.8. The molecule has 2 rings (SSSR count). The first-order valence-corrected chi connectivity index (χ1v) is 8.25. The summed E-state index contributed by atoms with van der Waals surface area (Å²) in [5.41, 5.74) is 1.19. The predicted molar refractivity (Wildman–Crippen MR) is 84.0 cm³/mol. The number of piperidine rings is 1. The highest BCUT2D eigenvalue weighted by atomic mass is 32.1. The number of hydrogen-bond donors (Lipinski definition) is 1. The summed E-state index contributed by atoms with van der Waals surface area (Å²) < 4.78 is 0. The van der Waals surface area contributed by atoms with E-state index >= 15 is 0 Å². The lowest BCUT2D eigenvalue weighted by Crippen LogP contribution is -2.40. The smallest absolute Gasteiger partial charge is 0.186 e. The Morgan fingerprint density at radius 1 is 1.42 bits per heavy atom. The zero-order valence-electron chi connectivity index (χ0n) is 12.9. The lowest BCUT2D eigenvalue weighted by Gasteiger charge is -2.36. The van der Waals surface area contributed by atoms with E-state index in [4.69, 9.17) is 4.98 Å². The van der Waals surface area contributed by atoms with Gasteiger partial charge in [0.25, 0.3) is 0 Å². The number of aryl methyl sites for hydroxylation is 1. The second-order valence-electron chi connectivity index (χ2n) is 6.21. The number of anilines is 1. The molecule has 2 atom stereocenters. The molecule has 108 valence electrons. The van der Waals surface area contributed by atoms with Crippen molar-refractivity contribution < 1.29 is 0 Å². The van der Waals surface area contributed by atoms with Gasteiger partial charge in [0.1, 0.15) is 0 Å². The van der Waals surface area contributed by atoms with Crippen molar-refractivity contribution in [1.82, 2.24) is 10.3 Å². The minimum atomic E-state index is 0.528. The maximum atomic E-state index is 4.79. The molecule has 2 heterocycles. The molecular weight excluding hydrogens is 254 g/mol. The van der Waals surface area contributed by atoms with E-state index in [0.717, 1.165) is 19.0 Å². The van der Waals surface area contributed by atoms with Gasteiger partial charge in [0, 0.05) is 30.1 Å². The zero-order valence-corrected chi connectivity index (χ0v) is 13.7. The van der Waals surface area contributed by atoms with Gasteiger partial charge in [-0.15, -0.1) is 11.3 Å². The normalized spacial score (nSPS) is 24.2. The number of hydrogen-bond acceptors (Lipinski definition) is 4. The van der Waals surface area contributed by atoms with Crippen LogP contribution in [0.3, 0.4) is 0 Å². The van der Waals surface area contributed by atoms with E-state index in [1.54, 1.807) is 0 Å². The molecule has 1 N–H and O–H groups in total. The topological polar surface area (TPSA) is 28.2 Å². The molecule has 0 amide bonds. The molecule has 1 aromatic heterocycles. The highest BCUT2D eigenvalue weighted by molar-refractivity contribution is 7.15. The monoisotopic (exact) mass is 281 g/mol. The van der Waals surface area contributed by atoms with Gasteiger partial charge in [0.2, 0.25) is 0 Å². The lowest BCUT2D eigenvalue weighted by molar-refractivity contribution is 0.377. The van der Waals surface area contributed by atoms with Gasteiger partial charge in [0.15, 0.2) is 5.13 Å². The largest absolute Gasteiger partial charge is 0.345 e. The number of aromatic nitrogens is 1. The van der Waals surface area contributed by atoms with Crippen LogP contribution in [0, 0.1) is 12.8 Å². The van der Waals surface area contributed by atoms with Crippen molar-refractivity contribution in [2.24, 2.45) is 5.92 Å². The molecule has 19 heavy (non-hydrogen) atoms. The molecule has 0 radical (unpaired) electrons. The molecule has 2 unspecified atom stereocenters. The highest BCUT2D eigenvalue weighted by Crippen LogP contribution is 2.32. The first-order chi connectivity index (χ1) is 8.97. The summed E-state index contributed by atoms with van der Waals surface area (Å²) in [4.78, 5) is 8.67. The van der Waals surface area contributed by atoms with Crippen LogP contribution < -0.4 is 10.2 Å². The molecule has 1 fully saturated rings. The Hall–Kier alpha value is -0.610. The van der Waals surface area contributed by atoms with E-state index < -0.39 is 0 Å². The number of nitrogens with one attached hydrogen (secondary N) is 1. The average Bonchev–Trinajstić information content (AvgIpc) is 2.67. The Labute approximate surface area is 121 Å². The summed E-state index contributed by atoms with van der Waals surface area (Å²) in [5.74, 6) is 0.856. The molecule has 3 nitrogen and oxygen atoms in total. The van der Waals surface area contributed by atoms with Crippen LogP contribution >= 0.6 is 11.3 Å². The fraction of sp³-hybridized carbons (Fsp3) is 0.800. The summed E-state index contributed by atoms with van der Waals surface area (Å²) >= 11 is 1.87. The maximum Gasteiger partial charge on any atom is 0.186 e. The van der Waals surface area contributed by atoms with E-state index in [2.05, 4.69) is 44.8 Å². The average molecular weight is 281 g/mol. The summed E-state index contributed by atoms with van der Waals surface area (Å²) in [6.07, 6.45) is 2.58. The fourth-order valence-electron chi connectivity index (χ4n) is 2.69. The van der Waals surface area contributed by atoms with Gasteiger partial charge in [-0.1, -0.05) is 20.8 Å². The van der Waals surface area contributed by atoms with Crippen LogP contribution in [-0.2, 0) is 6.54 Å². The van der Waals surface area contributed by atoms with Crippen LogP contribution in [0.2, 0.25) is 0 Å².